The lowest BCUT2D eigenvalue weighted by Gasteiger charge is -1.93. The number of carboxylic acid groups (broad SMARTS) is 1. The van der Waals surface area contributed by atoms with Gasteiger partial charge in [0.05, 0.1) is 10.0 Å². The van der Waals surface area contributed by atoms with E-state index >= 15 is 0 Å². The van der Waals surface area contributed by atoms with Gasteiger partial charge in [0.2, 0.25) is 0 Å². The van der Waals surface area contributed by atoms with Crippen molar-refractivity contribution in [2.45, 2.75) is 6.92 Å². The van der Waals surface area contributed by atoms with Gasteiger partial charge in [-0.25, -0.2) is 4.98 Å². The van der Waals surface area contributed by atoms with Crippen molar-refractivity contribution in [3.63, 3.8) is 0 Å². The minimum Gasteiger partial charge on any atom is -0.481 e. The maximum absolute atomic E-state index is 9.00. The molecule has 0 fully saturated rings. The number of carboxylic acids is 1. The molecule has 0 aliphatic heterocycles. The van der Waals surface area contributed by atoms with Crippen molar-refractivity contribution in [2.75, 3.05) is 0 Å². The maximum atomic E-state index is 9.00. The average Bonchev–Trinajstić information content (AvgIpc) is 1.99. The van der Waals surface area contributed by atoms with Crippen LogP contribution in [0.2, 0.25) is 15.2 Å². The van der Waals surface area contributed by atoms with Crippen LogP contribution in [-0.4, -0.2) is 16.1 Å². The van der Waals surface area contributed by atoms with Gasteiger partial charge in [-0.1, -0.05) is 34.8 Å². The molecule has 0 unspecified atom stereocenters. The molecule has 1 aromatic rings. The first-order valence-electron chi connectivity index (χ1n) is 3.10. The van der Waals surface area contributed by atoms with Crippen LogP contribution in [0.25, 0.3) is 0 Å². The van der Waals surface area contributed by atoms with Crippen molar-refractivity contribution in [2.24, 2.45) is 0 Å². The fourth-order valence-electron chi connectivity index (χ4n) is 0.397. The zero-order valence-electron chi connectivity index (χ0n) is 6.59. The van der Waals surface area contributed by atoms with Crippen molar-refractivity contribution < 1.29 is 9.90 Å². The number of nitrogens with zero attached hydrogens (tertiary/aromatic N) is 1. The van der Waals surface area contributed by atoms with Crippen LogP contribution in [0.1, 0.15) is 6.92 Å². The van der Waals surface area contributed by atoms with Gasteiger partial charge in [0.15, 0.2) is 0 Å². The van der Waals surface area contributed by atoms with Gasteiger partial charge in [0.1, 0.15) is 5.15 Å². The summed E-state index contributed by atoms with van der Waals surface area (Å²) in [6.07, 6.45) is 1.50. The molecule has 0 aromatic carbocycles. The molecule has 13 heavy (non-hydrogen) atoms. The molecule has 0 aliphatic carbocycles. The zero-order valence-corrected chi connectivity index (χ0v) is 8.86. The number of carbonyl (C=O) groups is 1. The second-order valence-electron chi connectivity index (χ2n) is 1.92. The first-order chi connectivity index (χ1) is 5.95. The molecule has 3 nitrogen and oxygen atoms in total. The van der Waals surface area contributed by atoms with Crippen LogP contribution in [0.15, 0.2) is 12.3 Å². The van der Waals surface area contributed by atoms with Gasteiger partial charge in [-0.2, -0.15) is 0 Å². The second-order valence-corrected chi connectivity index (χ2v) is 3.06. The summed E-state index contributed by atoms with van der Waals surface area (Å²) in [4.78, 5) is 12.7. The molecule has 0 saturated heterocycles. The lowest BCUT2D eigenvalue weighted by molar-refractivity contribution is -0.134. The van der Waals surface area contributed by atoms with Crippen molar-refractivity contribution in [3.8, 4) is 0 Å². The third-order valence-electron chi connectivity index (χ3n) is 0.800. The van der Waals surface area contributed by atoms with Gasteiger partial charge in [-0.15, -0.1) is 0 Å². The molecule has 0 spiro atoms. The molecule has 0 saturated carbocycles. The third kappa shape index (κ3) is 5.69. The van der Waals surface area contributed by atoms with Crippen LogP contribution in [0, 0.1) is 0 Å². The lowest BCUT2D eigenvalue weighted by Crippen LogP contribution is -1.78. The highest BCUT2D eigenvalue weighted by molar-refractivity contribution is 6.47. The zero-order chi connectivity index (χ0) is 10.4. The summed E-state index contributed by atoms with van der Waals surface area (Å²) in [5, 5.41) is 8.39. The molecular formula is C7H6Cl3NO2. The predicted molar refractivity (Wildman–Crippen MR) is 52.6 cm³/mol. The predicted octanol–water partition coefficient (Wildman–Crippen LogP) is 3.13. The minimum absolute atomic E-state index is 0.240. The van der Waals surface area contributed by atoms with E-state index in [0.29, 0.717) is 10.0 Å². The second kappa shape index (κ2) is 6.02. The fraction of sp³-hybridized carbons (Fsp3) is 0.143. The quantitative estimate of drug-likeness (QED) is 0.711. The molecule has 0 amide bonds. The Kier molecular flexibility index (Phi) is 5.79. The SMILES string of the molecule is CC(=O)O.Clc1ccnc(Cl)c1Cl. The molecule has 6 heteroatoms. The topological polar surface area (TPSA) is 50.2 Å². The average molecular weight is 242 g/mol. The maximum Gasteiger partial charge on any atom is 0.300 e. The molecule has 0 atom stereocenters. The van der Waals surface area contributed by atoms with Gasteiger partial charge in [0.25, 0.3) is 5.97 Å². The summed E-state index contributed by atoms with van der Waals surface area (Å²) < 4.78 is 0. The molecule has 1 N–H and O–H groups in total. The highest BCUT2D eigenvalue weighted by Crippen LogP contribution is 2.26. The van der Waals surface area contributed by atoms with Crippen LogP contribution in [0.4, 0.5) is 0 Å². The van der Waals surface area contributed by atoms with E-state index in [1.807, 2.05) is 0 Å². The Labute approximate surface area is 90.3 Å². The Morgan fingerprint density at radius 1 is 1.46 bits per heavy atom. The van der Waals surface area contributed by atoms with Crippen molar-refractivity contribution in [1.29, 1.82) is 0 Å². The fourth-order valence-corrected chi connectivity index (χ4v) is 0.861. The van der Waals surface area contributed by atoms with E-state index in [1.165, 1.54) is 6.20 Å². The Balaban J connectivity index is 0.000000310. The summed E-state index contributed by atoms with van der Waals surface area (Å²) in [6.45, 7) is 1.08. The van der Waals surface area contributed by atoms with Crippen LogP contribution >= 0.6 is 34.8 Å². The standard InChI is InChI=1S/C5H2Cl3N.C2H4O2/c6-3-1-2-9-5(8)4(3)7;1-2(3)4/h1-2H;1H3,(H,3,4). The summed E-state index contributed by atoms with van der Waals surface area (Å²) in [7, 11) is 0. The van der Waals surface area contributed by atoms with E-state index in [4.69, 9.17) is 44.7 Å². The van der Waals surface area contributed by atoms with Gasteiger partial charge in [-0.3, -0.25) is 4.79 Å². The summed E-state index contributed by atoms with van der Waals surface area (Å²) in [5.41, 5.74) is 0. The van der Waals surface area contributed by atoms with E-state index in [2.05, 4.69) is 4.98 Å². The smallest absolute Gasteiger partial charge is 0.300 e. The van der Waals surface area contributed by atoms with Gasteiger partial charge in [-0.05, 0) is 6.07 Å². The summed E-state index contributed by atoms with van der Waals surface area (Å²) >= 11 is 16.6. The highest BCUT2D eigenvalue weighted by Gasteiger charge is 2.00. The largest absolute Gasteiger partial charge is 0.481 e. The Bertz CT molecular complexity index is 280. The van der Waals surface area contributed by atoms with Gasteiger partial charge >= 0.3 is 0 Å². The van der Waals surface area contributed by atoms with Crippen molar-refractivity contribution in [1.82, 2.24) is 4.98 Å². The van der Waals surface area contributed by atoms with E-state index in [0.717, 1.165) is 6.92 Å². The van der Waals surface area contributed by atoms with Crippen LogP contribution in [0.5, 0.6) is 0 Å². The number of hydrogen-bond acceptors (Lipinski definition) is 2. The summed E-state index contributed by atoms with van der Waals surface area (Å²) in [5.74, 6) is -0.833. The highest BCUT2D eigenvalue weighted by atomic mass is 35.5. The van der Waals surface area contributed by atoms with E-state index in [9.17, 15) is 0 Å². The number of hydrogen-bond donors (Lipinski definition) is 1. The van der Waals surface area contributed by atoms with Crippen LogP contribution in [0.3, 0.4) is 0 Å². The van der Waals surface area contributed by atoms with Gasteiger partial charge in [0, 0.05) is 13.1 Å². The first-order valence-corrected chi connectivity index (χ1v) is 4.23. The number of aromatic nitrogens is 1. The Morgan fingerprint density at radius 3 is 2.23 bits per heavy atom. The number of rotatable bonds is 0. The molecule has 0 aliphatic rings. The van der Waals surface area contributed by atoms with Gasteiger partial charge < -0.3 is 5.11 Å². The molecular weight excluding hydrogens is 236 g/mol. The molecule has 1 aromatic heterocycles. The normalized spacial score (nSPS) is 8.62. The molecule has 1 heterocycles. The number of aliphatic carboxylic acids is 1. The Hall–Kier alpha value is -0.510. The first kappa shape index (κ1) is 12.5. The van der Waals surface area contributed by atoms with Crippen molar-refractivity contribution >= 4 is 40.8 Å². The molecule has 1 rings (SSSR count). The van der Waals surface area contributed by atoms with Crippen LogP contribution in [-0.2, 0) is 4.79 Å². The molecule has 0 radical (unpaired) electrons. The molecule has 72 valence electrons. The van der Waals surface area contributed by atoms with Crippen LogP contribution < -0.4 is 0 Å². The number of pyridine rings is 1. The monoisotopic (exact) mass is 241 g/mol. The van der Waals surface area contributed by atoms with Crippen molar-refractivity contribution in [3.05, 3.63) is 27.5 Å². The minimum atomic E-state index is -0.833. The van der Waals surface area contributed by atoms with E-state index in [1.54, 1.807) is 6.07 Å². The summed E-state index contributed by atoms with van der Waals surface area (Å²) in [6, 6.07) is 1.58. The molecule has 0 bridgehead atoms. The third-order valence-corrected chi connectivity index (χ3v) is 1.98. The Morgan fingerprint density at radius 2 is 1.92 bits per heavy atom. The van der Waals surface area contributed by atoms with E-state index in [-0.39, 0.29) is 5.15 Å². The number of halogens is 3. The van der Waals surface area contributed by atoms with E-state index < -0.39 is 5.97 Å². The lowest BCUT2D eigenvalue weighted by atomic mass is 10.5.